The van der Waals surface area contributed by atoms with Crippen molar-refractivity contribution in [2.45, 2.75) is 43.4 Å². The number of nitrogens with zero attached hydrogens (tertiary/aromatic N) is 4. The summed E-state index contributed by atoms with van der Waals surface area (Å²) < 4.78 is 40.0. The van der Waals surface area contributed by atoms with Crippen LogP contribution in [0.4, 0.5) is 13.2 Å². The number of aliphatic carboxylic acids is 1. The first kappa shape index (κ1) is 27.1. The Morgan fingerprint density at radius 2 is 1.92 bits per heavy atom. The van der Waals surface area contributed by atoms with Gasteiger partial charge in [-0.05, 0) is 36.8 Å². The number of carbonyl (C=O) groups excluding carboxylic acids is 1. The van der Waals surface area contributed by atoms with Crippen LogP contribution >= 0.6 is 0 Å². The highest BCUT2D eigenvalue weighted by molar-refractivity contribution is 5.88. The Bertz CT molecular complexity index is 1070. The monoisotopic (exact) mass is 522 g/mol. The maximum atomic E-state index is 13.8. The number of amides is 1. The van der Waals surface area contributed by atoms with Crippen molar-refractivity contribution in [2.24, 2.45) is 13.0 Å². The van der Waals surface area contributed by atoms with Crippen molar-refractivity contribution in [3.05, 3.63) is 53.9 Å². The van der Waals surface area contributed by atoms with E-state index in [2.05, 4.69) is 51.3 Å². The molecular weight excluding hydrogens is 489 g/mol. The number of alkyl halides is 3. The minimum Gasteiger partial charge on any atom is -0.475 e. The zero-order chi connectivity index (χ0) is 26.6. The van der Waals surface area contributed by atoms with Gasteiger partial charge in [0.15, 0.2) is 5.60 Å². The number of carboxylic acids is 1. The molecule has 3 heterocycles. The molecule has 5 rings (SSSR count). The van der Waals surface area contributed by atoms with E-state index >= 15 is 0 Å². The van der Waals surface area contributed by atoms with E-state index in [0.717, 1.165) is 38.3 Å². The lowest BCUT2D eigenvalue weighted by Crippen LogP contribution is -2.61. The maximum absolute atomic E-state index is 13.8. The second-order valence-corrected chi connectivity index (χ2v) is 9.99. The number of hydrogen-bond donors (Lipinski definition) is 1. The quantitative estimate of drug-likeness (QED) is 0.628. The molecule has 1 saturated carbocycles. The van der Waals surface area contributed by atoms with Gasteiger partial charge in [-0.2, -0.15) is 18.3 Å². The van der Waals surface area contributed by atoms with Crippen molar-refractivity contribution in [1.29, 1.82) is 0 Å². The molecule has 202 valence electrons. The smallest absolute Gasteiger partial charge is 0.475 e. The number of hydrogen-bond acceptors (Lipinski definition) is 5. The van der Waals surface area contributed by atoms with Crippen molar-refractivity contribution in [2.75, 3.05) is 39.3 Å². The lowest BCUT2D eigenvalue weighted by atomic mass is 9.82. The Labute approximate surface area is 214 Å². The molecule has 0 radical (unpaired) electrons. The number of benzene rings is 1. The third-order valence-electron chi connectivity index (χ3n) is 7.55. The fourth-order valence-electron chi connectivity index (χ4n) is 5.37. The van der Waals surface area contributed by atoms with Crippen LogP contribution < -0.4 is 0 Å². The second-order valence-electron chi connectivity index (χ2n) is 9.99. The Morgan fingerprint density at radius 3 is 2.49 bits per heavy atom. The lowest BCUT2D eigenvalue weighted by molar-refractivity contribution is -0.192. The molecular formula is C26H33F3N4O4. The highest BCUT2D eigenvalue weighted by atomic mass is 19.4. The van der Waals surface area contributed by atoms with Gasteiger partial charge in [0, 0.05) is 51.7 Å². The highest BCUT2D eigenvalue weighted by Crippen LogP contribution is 2.42. The van der Waals surface area contributed by atoms with Gasteiger partial charge in [-0.15, -0.1) is 0 Å². The van der Waals surface area contributed by atoms with Crippen LogP contribution in [0.3, 0.4) is 0 Å². The molecule has 1 aliphatic carbocycles. The molecule has 8 nitrogen and oxygen atoms in total. The minimum absolute atomic E-state index is 0.0115. The summed E-state index contributed by atoms with van der Waals surface area (Å²) in [5.74, 6) is -1.88. The Kier molecular flexibility index (Phi) is 8.23. The van der Waals surface area contributed by atoms with Gasteiger partial charge in [-0.1, -0.05) is 36.8 Å². The average Bonchev–Trinajstić information content (AvgIpc) is 3.41. The topological polar surface area (TPSA) is 87.9 Å². The molecule has 2 unspecified atom stereocenters. The second kappa shape index (κ2) is 11.2. The van der Waals surface area contributed by atoms with E-state index in [4.69, 9.17) is 14.6 Å². The summed E-state index contributed by atoms with van der Waals surface area (Å²) in [7, 11) is 1.97. The SMILES string of the molecule is Cn1nccc1C1CN(CCc2ccccc2)CC12OCCN(CC1CCC1)C2=O.O=C(O)C(F)(F)F. The van der Waals surface area contributed by atoms with Crippen LogP contribution in [0.25, 0.3) is 0 Å². The Balaban J connectivity index is 0.000000405. The van der Waals surface area contributed by atoms with Crippen LogP contribution in [0.5, 0.6) is 0 Å². The van der Waals surface area contributed by atoms with Crippen molar-refractivity contribution in [1.82, 2.24) is 19.6 Å². The van der Waals surface area contributed by atoms with Crippen molar-refractivity contribution < 1.29 is 32.6 Å². The molecule has 1 aromatic heterocycles. The molecule has 37 heavy (non-hydrogen) atoms. The predicted octanol–water partition coefficient (Wildman–Crippen LogP) is 3.09. The van der Waals surface area contributed by atoms with Crippen LogP contribution in [-0.4, -0.2) is 87.7 Å². The highest BCUT2D eigenvalue weighted by Gasteiger charge is 2.57. The zero-order valence-electron chi connectivity index (χ0n) is 20.9. The van der Waals surface area contributed by atoms with E-state index in [-0.39, 0.29) is 11.8 Å². The van der Waals surface area contributed by atoms with Crippen molar-refractivity contribution in [3.63, 3.8) is 0 Å². The third-order valence-corrected chi connectivity index (χ3v) is 7.55. The zero-order valence-corrected chi connectivity index (χ0v) is 20.9. The molecule has 11 heteroatoms. The molecule has 2 saturated heterocycles. The molecule has 3 fully saturated rings. The number of likely N-dealkylation sites (tertiary alicyclic amines) is 1. The summed E-state index contributed by atoms with van der Waals surface area (Å²) in [5, 5.41) is 11.5. The molecule has 1 spiro atoms. The van der Waals surface area contributed by atoms with Gasteiger partial charge in [0.25, 0.3) is 5.91 Å². The number of morpholine rings is 1. The first-order chi connectivity index (χ1) is 17.6. The Morgan fingerprint density at radius 1 is 1.22 bits per heavy atom. The van der Waals surface area contributed by atoms with Gasteiger partial charge < -0.3 is 14.7 Å². The van der Waals surface area contributed by atoms with Gasteiger partial charge in [-0.3, -0.25) is 14.4 Å². The number of aromatic nitrogens is 2. The average molecular weight is 523 g/mol. The summed E-state index contributed by atoms with van der Waals surface area (Å²) in [5.41, 5.74) is 1.64. The fourth-order valence-corrected chi connectivity index (χ4v) is 5.37. The van der Waals surface area contributed by atoms with E-state index in [1.54, 1.807) is 0 Å². The van der Waals surface area contributed by atoms with Crippen LogP contribution in [0.1, 0.15) is 36.4 Å². The number of halogens is 3. The third kappa shape index (κ3) is 6.15. The first-order valence-corrected chi connectivity index (χ1v) is 12.6. The van der Waals surface area contributed by atoms with Gasteiger partial charge in [0.1, 0.15) is 0 Å². The number of carboxylic acid groups (broad SMARTS) is 1. The summed E-state index contributed by atoms with van der Waals surface area (Å²) in [6, 6.07) is 12.6. The summed E-state index contributed by atoms with van der Waals surface area (Å²) in [6.45, 7) is 4.66. The van der Waals surface area contributed by atoms with Crippen molar-refractivity contribution >= 4 is 11.9 Å². The molecule has 2 aromatic rings. The summed E-state index contributed by atoms with van der Waals surface area (Å²) in [6.07, 6.45) is 1.54. The van der Waals surface area contributed by atoms with Gasteiger partial charge in [-0.25, -0.2) is 4.79 Å². The number of aryl methyl sites for hydroxylation is 1. The first-order valence-electron chi connectivity index (χ1n) is 12.6. The molecule has 1 amide bonds. The largest absolute Gasteiger partial charge is 0.490 e. The maximum Gasteiger partial charge on any atom is 0.490 e. The van der Waals surface area contributed by atoms with Crippen molar-refractivity contribution in [3.8, 4) is 0 Å². The standard InChI is InChI=1S/C24H32N4O2.C2HF3O2/c1-26-22(10-12-25-26)21-17-27(13-11-19-6-3-2-4-7-19)18-24(21)23(29)28(14-15-30-24)16-20-8-5-9-20;3-2(4,5)1(6)7/h2-4,6-7,10,12,20-21H,5,8-9,11,13-18H2,1H3;(H,6,7). The van der Waals surface area contributed by atoms with Gasteiger partial charge in [0.05, 0.1) is 12.5 Å². The van der Waals surface area contributed by atoms with Crippen LogP contribution in [0, 0.1) is 5.92 Å². The van der Waals surface area contributed by atoms with E-state index in [9.17, 15) is 18.0 Å². The molecule has 2 atom stereocenters. The van der Waals surface area contributed by atoms with E-state index in [1.807, 2.05) is 17.9 Å². The van der Waals surface area contributed by atoms with E-state index < -0.39 is 17.7 Å². The fraction of sp³-hybridized carbons (Fsp3) is 0.577. The molecule has 1 N–H and O–H groups in total. The lowest BCUT2D eigenvalue weighted by Gasteiger charge is -2.44. The van der Waals surface area contributed by atoms with E-state index in [0.29, 0.717) is 19.1 Å². The molecule has 3 aliphatic rings. The normalized spacial score (nSPS) is 24.6. The number of rotatable bonds is 6. The van der Waals surface area contributed by atoms with Crippen LogP contribution in [0.2, 0.25) is 0 Å². The van der Waals surface area contributed by atoms with Crippen LogP contribution in [0.15, 0.2) is 42.6 Å². The minimum atomic E-state index is -5.08. The Hall–Kier alpha value is -2.92. The summed E-state index contributed by atoms with van der Waals surface area (Å²) in [4.78, 5) is 27.2. The number of ether oxygens (including phenoxy) is 1. The number of carbonyl (C=O) groups is 2. The van der Waals surface area contributed by atoms with Gasteiger partial charge >= 0.3 is 12.1 Å². The molecule has 2 aliphatic heterocycles. The van der Waals surface area contributed by atoms with Gasteiger partial charge in [0.2, 0.25) is 0 Å². The molecule has 1 aromatic carbocycles. The predicted molar refractivity (Wildman–Crippen MR) is 129 cm³/mol. The van der Waals surface area contributed by atoms with Crippen LogP contribution in [-0.2, 0) is 27.8 Å². The van der Waals surface area contributed by atoms with E-state index in [1.165, 1.54) is 24.8 Å². The molecule has 0 bridgehead atoms. The summed E-state index contributed by atoms with van der Waals surface area (Å²) >= 11 is 0.